The van der Waals surface area contributed by atoms with Gasteiger partial charge in [-0.15, -0.1) is 0 Å². The van der Waals surface area contributed by atoms with Gasteiger partial charge in [0.1, 0.15) is 11.6 Å². The van der Waals surface area contributed by atoms with E-state index in [1.807, 2.05) is 30.3 Å². The second kappa shape index (κ2) is 7.79. The molecule has 1 rings (SSSR count). The lowest BCUT2D eigenvalue weighted by molar-refractivity contribution is -0.124. The third kappa shape index (κ3) is 6.58. The number of amides is 2. The van der Waals surface area contributed by atoms with Gasteiger partial charge in [0.2, 0.25) is 5.91 Å². The van der Waals surface area contributed by atoms with Crippen LogP contribution in [0.5, 0.6) is 0 Å². The molecular weight excluding hydrogens is 284 g/mol. The van der Waals surface area contributed by atoms with Gasteiger partial charge in [-0.1, -0.05) is 30.3 Å². The summed E-state index contributed by atoms with van der Waals surface area (Å²) in [4.78, 5) is 23.3. The highest BCUT2D eigenvalue weighted by Crippen LogP contribution is 2.09. The number of benzene rings is 1. The molecule has 0 aromatic heterocycles. The van der Waals surface area contributed by atoms with Gasteiger partial charge in [0, 0.05) is 0 Å². The smallest absolute Gasteiger partial charge is 0.408 e. The fourth-order valence-corrected chi connectivity index (χ4v) is 1.75. The largest absolute Gasteiger partial charge is 0.444 e. The van der Waals surface area contributed by atoms with Crippen molar-refractivity contribution in [2.45, 2.75) is 52.0 Å². The average Bonchev–Trinajstić information content (AvgIpc) is 2.41. The normalized spacial score (nSPS) is 14.0. The van der Waals surface area contributed by atoms with Gasteiger partial charge in [0.25, 0.3) is 0 Å². The third-order valence-electron chi connectivity index (χ3n) is 2.80. The Morgan fingerprint density at radius 2 is 1.82 bits per heavy atom. The molecule has 3 N–H and O–H groups in total. The van der Waals surface area contributed by atoms with Crippen LogP contribution in [0.25, 0.3) is 0 Å². The Labute approximate surface area is 131 Å². The summed E-state index contributed by atoms with van der Waals surface area (Å²) in [6.45, 7) is 7.21. The molecule has 122 valence electrons. The molecule has 0 aliphatic carbocycles. The fraction of sp³-hybridized carbons (Fsp3) is 0.500. The molecule has 6 heteroatoms. The number of primary amides is 1. The van der Waals surface area contributed by atoms with Crippen molar-refractivity contribution in [2.24, 2.45) is 5.73 Å². The molecule has 0 fully saturated rings. The maximum absolute atomic E-state index is 11.8. The summed E-state index contributed by atoms with van der Waals surface area (Å²) in [5, 5.41) is 2.45. The van der Waals surface area contributed by atoms with Gasteiger partial charge in [-0.3, -0.25) is 4.79 Å². The number of nitrogens with two attached hydrogens (primary N) is 1. The second-order valence-corrected chi connectivity index (χ2v) is 6.03. The molecule has 0 bridgehead atoms. The Kier molecular flexibility index (Phi) is 6.37. The van der Waals surface area contributed by atoms with Crippen LogP contribution in [0.15, 0.2) is 30.3 Å². The van der Waals surface area contributed by atoms with Crippen LogP contribution in [0.4, 0.5) is 4.79 Å². The topological polar surface area (TPSA) is 90.7 Å². The zero-order valence-corrected chi connectivity index (χ0v) is 13.5. The Morgan fingerprint density at radius 1 is 1.23 bits per heavy atom. The zero-order valence-electron chi connectivity index (χ0n) is 13.5. The van der Waals surface area contributed by atoms with E-state index in [0.717, 1.165) is 5.56 Å². The highest BCUT2D eigenvalue weighted by atomic mass is 16.6. The van der Waals surface area contributed by atoms with Crippen LogP contribution in [0, 0.1) is 0 Å². The zero-order chi connectivity index (χ0) is 16.8. The Balaban J connectivity index is 2.58. The van der Waals surface area contributed by atoms with E-state index in [1.54, 1.807) is 27.7 Å². The molecule has 22 heavy (non-hydrogen) atoms. The number of ether oxygens (including phenoxy) is 2. The highest BCUT2D eigenvalue weighted by molar-refractivity contribution is 5.84. The molecule has 2 amide bonds. The summed E-state index contributed by atoms with van der Waals surface area (Å²) in [5.41, 5.74) is 5.64. The van der Waals surface area contributed by atoms with E-state index < -0.39 is 29.7 Å². The molecule has 2 atom stereocenters. The monoisotopic (exact) mass is 308 g/mol. The number of nitrogens with one attached hydrogen (secondary N) is 1. The molecule has 2 unspecified atom stereocenters. The second-order valence-electron chi connectivity index (χ2n) is 6.03. The van der Waals surface area contributed by atoms with E-state index >= 15 is 0 Å². The fourth-order valence-electron chi connectivity index (χ4n) is 1.75. The summed E-state index contributed by atoms with van der Waals surface area (Å²) in [6, 6.07) is 8.56. The molecule has 6 nitrogen and oxygen atoms in total. The van der Waals surface area contributed by atoms with E-state index in [2.05, 4.69) is 5.32 Å². The predicted octanol–water partition coefficient (Wildman–Crippen LogP) is 1.97. The molecule has 0 aliphatic heterocycles. The summed E-state index contributed by atoms with van der Waals surface area (Å²) in [5.74, 6) is -0.675. The lowest BCUT2D eigenvalue weighted by atomic mass is 10.1. The summed E-state index contributed by atoms with van der Waals surface area (Å²) in [6.07, 6.45) is -1.28. The molecule has 0 saturated heterocycles. The number of alkyl carbamates (subject to hydrolysis) is 1. The van der Waals surface area contributed by atoms with Crippen LogP contribution in [-0.2, 0) is 20.9 Å². The van der Waals surface area contributed by atoms with E-state index in [9.17, 15) is 9.59 Å². The molecule has 1 aromatic carbocycles. The van der Waals surface area contributed by atoms with E-state index in [-0.39, 0.29) is 0 Å². The van der Waals surface area contributed by atoms with Gasteiger partial charge in [0.15, 0.2) is 0 Å². The third-order valence-corrected chi connectivity index (χ3v) is 2.80. The van der Waals surface area contributed by atoms with Gasteiger partial charge in [-0.2, -0.15) is 0 Å². The van der Waals surface area contributed by atoms with Crippen LogP contribution in [0.3, 0.4) is 0 Å². The summed E-state index contributed by atoms with van der Waals surface area (Å²) < 4.78 is 10.7. The molecule has 0 spiro atoms. The molecule has 1 aromatic rings. The highest BCUT2D eigenvalue weighted by Gasteiger charge is 2.28. The Bertz CT molecular complexity index is 497. The van der Waals surface area contributed by atoms with Crippen molar-refractivity contribution in [3.8, 4) is 0 Å². The SMILES string of the molecule is CC(OCc1ccccc1)C(NC(=O)OC(C)(C)C)C(N)=O. The van der Waals surface area contributed by atoms with E-state index in [0.29, 0.717) is 6.61 Å². The molecule has 0 heterocycles. The van der Waals surface area contributed by atoms with Crippen LogP contribution in [-0.4, -0.2) is 29.7 Å². The van der Waals surface area contributed by atoms with Gasteiger partial charge < -0.3 is 20.5 Å². The first-order valence-electron chi connectivity index (χ1n) is 7.13. The van der Waals surface area contributed by atoms with Crippen LogP contribution < -0.4 is 11.1 Å². The van der Waals surface area contributed by atoms with Crippen LogP contribution in [0.1, 0.15) is 33.3 Å². The van der Waals surface area contributed by atoms with Crippen molar-refractivity contribution in [3.63, 3.8) is 0 Å². The standard InChI is InChI=1S/C16H24N2O4/c1-11(21-10-12-8-6-5-7-9-12)13(14(17)19)18-15(20)22-16(2,3)4/h5-9,11,13H,10H2,1-4H3,(H2,17,19)(H,18,20). The molecular formula is C16H24N2O4. The van der Waals surface area contributed by atoms with Crippen molar-refractivity contribution in [1.29, 1.82) is 0 Å². The maximum Gasteiger partial charge on any atom is 0.408 e. The van der Waals surface area contributed by atoms with Gasteiger partial charge in [0.05, 0.1) is 12.7 Å². The number of rotatable bonds is 6. The van der Waals surface area contributed by atoms with Crippen molar-refractivity contribution in [1.82, 2.24) is 5.32 Å². The lowest BCUT2D eigenvalue weighted by Crippen LogP contribution is -2.52. The van der Waals surface area contributed by atoms with Gasteiger partial charge >= 0.3 is 6.09 Å². The minimum atomic E-state index is -0.960. The number of hydrogen-bond donors (Lipinski definition) is 2. The van der Waals surface area contributed by atoms with Crippen LogP contribution >= 0.6 is 0 Å². The number of carbonyl (C=O) groups is 2. The first kappa shape index (κ1) is 18.0. The maximum atomic E-state index is 11.8. The van der Waals surface area contributed by atoms with E-state index in [1.165, 1.54) is 0 Å². The van der Waals surface area contributed by atoms with Gasteiger partial charge in [-0.25, -0.2) is 4.79 Å². The van der Waals surface area contributed by atoms with Crippen molar-refractivity contribution in [2.75, 3.05) is 0 Å². The summed E-state index contributed by atoms with van der Waals surface area (Å²) in [7, 11) is 0. The van der Waals surface area contributed by atoms with Crippen molar-refractivity contribution in [3.05, 3.63) is 35.9 Å². The van der Waals surface area contributed by atoms with Gasteiger partial charge in [-0.05, 0) is 33.3 Å². The Hall–Kier alpha value is -2.08. The molecule has 0 aliphatic rings. The average molecular weight is 308 g/mol. The predicted molar refractivity (Wildman–Crippen MR) is 83.0 cm³/mol. The lowest BCUT2D eigenvalue weighted by Gasteiger charge is -2.25. The van der Waals surface area contributed by atoms with Crippen LogP contribution in [0.2, 0.25) is 0 Å². The first-order chi connectivity index (χ1) is 10.2. The minimum absolute atomic E-state index is 0.321. The first-order valence-corrected chi connectivity index (χ1v) is 7.13. The number of hydrogen-bond acceptors (Lipinski definition) is 4. The van der Waals surface area contributed by atoms with Crippen molar-refractivity contribution < 1.29 is 19.1 Å². The minimum Gasteiger partial charge on any atom is -0.444 e. The Morgan fingerprint density at radius 3 is 2.32 bits per heavy atom. The van der Waals surface area contributed by atoms with E-state index in [4.69, 9.17) is 15.2 Å². The quantitative estimate of drug-likeness (QED) is 0.840. The van der Waals surface area contributed by atoms with Crippen molar-refractivity contribution >= 4 is 12.0 Å². The number of carbonyl (C=O) groups excluding carboxylic acids is 2. The summed E-state index contributed by atoms with van der Waals surface area (Å²) >= 11 is 0. The molecule has 0 radical (unpaired) electrons. The molecule has 0 saturated carbocycles.